The number of β-amino-alcohol motifs (C(OH)–C–C–N with tert-alkyl or cyclic N) is 1. The summed E-state index contributed by atoms with van der Waals surface area (Å²) in [4.78, 5) is 22.0. The summed E-state index contributed by atoms with van der Waals surface area (Å²) in [5.41, 5.74) is 2.63. The van der Waals surface area contributed by atoms with Crippen molar-refractivity contribution < 1.29 is 14.6 Å². The second-order valence-corrected chi connectivity index (χ2v) is 7.66. The lowest BCUT2D eigenvalue weighted by Gasteiger charge is -2.30. The number of H-pyrrole nitrogens is 1. The van der Waals surface area contributed by atoms with Crippen molar-refractivity contribution in [1.29, 1.82) is 0 Å². The first-order valence-electron chi connectivity index (χ1n) is 9.82. The molecule has 3 heterocycles. The molecule has 0 saturated carbocycles. The third kappa shape index (κ3) is 4.48. The van der Waals surface area contributed by atoms with Gasteiger partial charge >= 0.3 is 0 Å². The molecule has 7 nitrogen and oxygen atoms in total. The first-order valence-corrected chi connectivity index (χ1v) is 9.82. The Bertz CT molecular complexity index is 988. The van der Waals surface area contributed by atoms with Gasteiger partial charge in [0.05, 0.1) is 19.8 Å². The van der Waals surface area contributed by atoms with Gasteiger partial charge in [0.2, 0.25) is 0 Å². The zero-order valence-electron chi connectivity index (χ0n) is 16.5. The Balaban J connectivity index is 1.43. The number of aromatic nitrogens is 2. The molecule has 0 unspecified atom stereocenters. The summed E-state index contributed by atoms with van der Waals surface area (Å²) in [6.07, 6.45) is 1.57. The lowest BCUT2D eigenvalue weighted by molar-refractivity contribution is -0.0346. The highest BCUT2D eigenvalue weighted by Crippen LogP contribution is 2.23. The minimum Gasteiger partial charge on any atom is -0.384 e. The Morgan fingerprint density at radius 3 is 2.93 bits per heavy atom. The van der Waals surface area contributed by atoms with E-state index >= 15 is 0 Å². The van der Waals surface area contributed by atoms with E-state index in [0.29, 0.717) is 31.9 Å². The van der Waals surface area contributed by atoms with E-state index in [9.17, 15) is 9.90 Å². The van der Waals surface area contributed by atoms with Crippen LogP contribution in [0.1, 0.15) is 21.7 Å². The van der Waals surface area contributed by atoms with Crippen LogP contribution in [0.4, 0.5) is 0 Å². The molecule has 2 aromatic heterocycles. The third-order valence-corrected chi connectivity index (χ3v) is 5.37. The Labute approximate surface area is 169 Å². The normalized spacial score (nSPS) is 20.5. The number of fused-ring (bicyclic) bond motifs is 1. The molecule has 1 amide bonds. The molecule has 1 aromatic carbocycles. The molecule has 1 aliphatic heterocycles. The number of aliphatic hydroxyl groups is 1. The lowest BCUT2D eigenvalue weighted by Crippen LogP contribution is -2.52. The van der Waals surface area contributed by atoms with Gasteiger partial charge in [0.15, 0.2) is 0 Å². The molecule has 1 aliphatic rings. The molecule has 1 saturated heterocycles. The highest BCUT2D eigenvalue weighted by Gasteiger charge is 2.33. The summed E-state index contributed by atoms with van der Waals surface area (Å²) >= 11 is 0. The van der Waals surface area contributed by atoms with Crippen molar-refractivity contribution in [2.45, 2.75) is 19.1 Å². The van der Waals surface area contributed by atoms with Gasteiger partial charge in [-0.15, -0.1) is 0 Å². The highest BCUT2D eigenvalue weighted by molar-refractivity contribution is 5.92. The summed E-state index contributed by atoms with van der Waals surface area (Å²) < 4.78 is 5.64. The molecular weight excluding hydrogens is 368 g/mol. The molecule has 3 N–H and O–H groups in total. The number of nitrogens with zero attached hydrogens (tertiary/aromatic N) is 2. The number of hydrogen-bond acceptors (Lipinski definition) is 5. The highest BCUT2D eigenvalue weighted by atomic mass is 16.5. The molecule has 3 aromatic rings. The van der Waals surface area contributed by atoms with Crippen LogP contribution in [-0.2, 0) is 11.3 Å². The first kappa shape index (κ1) is 19.6. The molecule has 1 fully saturated rings. The second kappa shape index (κ2) is 8.32. The average molecular weight is 394 g/mol. The smallest absolute Gasteiger partial charge is 0.269 e. The van der Waals surface area contributed by atoms with Crippen LogP contribution in [0.2, 0.25) is 0 Å². The molecule has 0 radical (unpaired) electrons. The van der Waals surface area contributed by atoms with E-state index in [1.807, 2.05) is 12.1 Å². The van der Waals surface area contributed by atoms with Crippen LogP contribution >= 0.6 is 0 Å². The molecule has 29 heavy (non-hydrogen) atoms. The van der Waals surface area contributed by atoms with Crippen LogP contribution in [0.15, 0.2) is 48.7 Å². The number of benzene rings is 1. The topological polar surface area (TPSA) is 90.5 Å². The van der Waals surface area contributed by atoms with Gasteiger partial charge in [0, 0.05) is 42.4 Å². The maximum absolute atomic E-state index is 12.3. The van der Waals surface area contributed by atoms with E-state index in [-0.39, 0.29) is 19.1 Å². The number of pyridine rings is 1. The molecule has 152 valence electrons. The van der Waals surface area contributed by atoms with E-state index in [1.165, 1.54) is 10.9 Å². The van der Waals surface area contributed by atoms with Crippen molar-refractivity contribution in [3.8, 4) is 0 Å². The summed E-state index contributed by atoms with van der Waals surface area (Å²) in [6, 6.07) is 13.4. The van der Waals surface area contributed by atoms with Gasteiger partial charge in [0.25, 0.3) is 5.91 Å². The fraction of sp³-hybridized carbons (Fsp3) is 0.364. The number of rotatable bonds is 5. The Morgan fingerprint density at radius 2 is 2.14 bits per heavy atom. The maximum Gasteiger partial charge on any atom is 0.269 e. The number of hydrogen-bond donors (Lipinski definition) is 3. The van der Waals surface area contributed by atoms with Crippen molar-refractivity contribution >= 4 is 16.8 Å². The van der Waals surface area contributed by atoms with E-state index < -0.39 is 5.60 Å². The first-order chi connectivity index (χ1) is 14.0. The molecule has 0 spiro atoms. The van der Waals surface area contributed by atoms with Crippen molar-refractivity contribution in [2.75, 3.05) is 32.8 Å². The van der Waals surface area contributed by atoms with Gasteiger partial charge in [-0.1, -0.05) is 24.3 Å². The number of nitrogens with one attached hydrogen (secondary N) is 2. The predicted octanol–water partition coefficient (Wildman–Crippen LogP) is 1.86. The fourth-order valence-corrected chi connectivity index (χ4v) is 3.79. The van der Waals surface area contributed by atoms with E-state index in [2.05, 4.69) is 39.2 Å². The number of carbonyl (C=O) groups excluding carboxylic acids is 1. The largest absolute Gasteiger partial charge is 0.384 e. The van der Waals surface area contributed by atoms with Gasteiger partial charge in [-0.05, 0) is 30.7 Å². The Hall–Kier alpha value is -2.74. The molecule has 0 bridgehead atoms. The second-order valence-electron chi connectivity index (χ2n) is 7.66. The average Bonchev–Trinajstić information content (AvgIpc) is 2.92. The van der Waals surface area contributed by atoms with Crippen LogP contribution < -0.4 is 5.32 Å². The van der Waals surface area contributed by atoms with Gasteiger partial charge in [-0.2, -0.15) is 0 Å². The predicted molar refractivity (Wildman–Crippen MR) is 111 cm³/mol. The number of ether oxygens (including phenoxy) is 1. The minimum absolute atomic E-state index is 0.102. The van der Waals surface area contributed by atoms with E-state index in [0.717, 1.165) is 11.2 Å². The van der Waals surface area contributed by atoms with Crippen LogP contribution in [-0.4, -0.2) is 64.3 Å². The Kier molecular flexibility index (Phi) is 5.62. The Morgan fingerprint density at radius 1 is 1.31 bits per heavy atom. The van der Waals surface area contributed by atoms with Crippen molar-refractivity contribution in [3.05, 3.63) is 65.6 Å². The van der Waals surface area contributed by atoms with Crippen molar-refractivity contribution in [1.82, 2.24) is 20.2 Å². The van der Waals surface area contributed by atoms with Gasteiger partial charge in [-0.3, -0.25) is 14.7 Å². The minimum atomic E-state index is -1.17. The number of aryl methyl sites for hydroxylation is 1. The molecule has 0 aliphatic carbocycles. The van der Waals surface area contributed by atoms with Crippen molar-refractivity contribution in [2.24, 2.45) is 0 Å². The van der Waals surface area contributed by atoms with E-state index in [1.54, 1.807) is 24.4 Å². The summed E-state index contributed by atoms with van der Waals surface area (Å²) in [6.45, 7) is 4.73. The molecular formula is C22H26N4O3. The maximum atomic E-state index is 12.3. The summed E-state index contributed by atoms with van der Waals surface area (Å²) in [7, 11) is 0. The van der Waals surface area contributed by atoms with Crippen LogP contribution in [0, 0.1) is 6.92 Å². The zero-order valence-corrected chi connectivity index (χ0v) is 16.5. The van der Waals surface area contributed by atoms with Crippen LogP contribution in [0.5, 0.6) is 0 Å². The van der Waals surface area contributed by atoms with Gasteiger partial charge in [-0.25, -0.2) is 0 Å². The van der Waals surface area contributed by atoms with Gasteiger partial charge in [0.1, 0.15) is 11.3 Å². The quantitative estimate of drug-likeness (QED) is 0.615. The van der Waals surface area contributed by atoms with Gasteiger partial charge < -0.3 is 20.1 Å². The standard InChI is InChI=1S/C22H26N4O3/c1-16-17-6-2-3-7-18(17)25-20(16)12-26-10-11-29-15-22(28,14-26)13-24-21(27)19-8-4-5-9-23-19/h2-9,25,28H,10-15H2,1H3,(H,24,27)/t22-/m1/s1. The lowest BCUT2D eigenvalue weighted by atomic mass is 10.0. The fourth-order valence-electron chi connectivity index (χ4n) is 3.79. The number of aromatic amines is 1. The summed E-state index contributed by atoms with van der Waals surface area (Å²) in [5.74, 6) is -0.304. The number of para-hydroxylation sites is 1. The number of carbonyl (C=O) groups is 1. The summed E-state index contributed by atoms with van der Waals surface area (Å²) in [5, 5.41) is 15.1. The van der Waals surface area contributed by atoms with Crippen LogP contribution in [0.25, 0.3) is 10.9 Å². The molecule has 4 rings (SSSR count). The SMILES string of the molecule is Cc1c(CN2CCOC[C@@](O)(CNC(=O)c3ccccn3)C2)[nH]c2ccccc12. The zero-order chi connectivity index (χ0) is 20.3. The van der Waals surface area contributed by atoms with E-state index in [4.69, 9.17) is 4.74 Å². The van der Waals surface area contributed by atoms with Crippen LogP contribution in [0.3, 0.4) is 0 Å². The molecule has 7 heteroatoms. The van der Waals surface area contributed by atoms with Crippen molar-refractivity contribution in [3.63, 3.8) is 0 Å². The molecule has 1 atom stereocenters. The third-order valence-electron chi connectivity index (χ3n) is 5.37. The number of amides is 1. The monoisotopic (exact) mass is 394 g/mol.